The van der Waals surface area contributed by atoms with Crippen LogP contribution < -0.4 is 9.64 Å². The first kappa shape index (κ1) is 14.6. The van der Waals surface area contributed by atoms with Gasteiger partial charge < -0.3 is 14.4 Å². The Kier molecular flexibility index (Phi) is 4.76. The predicted octanol–water partition coefficient (Wildman–Crippen LogP) is 1.72. The molecule has 0 aromatic carbocycles. The Labute approximate surface area is 119 Å². The molecule has 2 heterocycles. The van der Waals surface area contributed by atoms with E-state index in [2.05, 4.69) is 9.97 Å². The molecule has 6 heteroatoms. The zero-order valence-corrected chi connectivity index (χ0v) is 12.3. The monoisotopic (exact) mass is 279 g/mol. The maximum Gasteiger partial charge on any atom is 0.328 e. The Hall–Kier alpha value is -1.85. The maximum atomic E-state index is 11.9. The van der Waals surface area contributed by atoms with E-state index in [1.807, 2.05) is 18.7 Å². The number of hydrogen-bond donors (Lipinski definition) is 0. The van der Waals surface area contributed by atoms with Crippen LogP contribution >= 0.6 is 0 Å². The Morgan fingerprint density at radius 1 is 1.45 bits per heavy atom. The highest BCUT2D eigenvalue weighted by Gasteiger charge is 2.30. The van der Waals surface area contributed by atoms with E-state index in [-0.39, 0.29) is 12.0 Å². The molecule has 0 aliphatic carbocycles. The third kappa shape index (κ3) is 3.18. The minimum Gasteiger partial charge on any atom is -0.478 e. The van der Waals surface area contributed by atoms with Crippen LogP contribution in [-0.2, 0) is 9.53 Å². The third-order valence-corrected chi connectivity index (χ3v) is 3.36. The van der Waals surface area contributed by atoms with Crippen molar-refractivity contribution in [2.24, 2.45) is 0 Å². The van der Waals surface area contributed by atoms with Crippen molar-refractivity contribution in [3.05, 3.63) is 11.9 Å². The summed E-state index contributed by atoms with van der Waals surface area (Å²) in [6, 6.07) is 1.52. The number of piperidine rings is 1. The van der Waals surface area contributed by atoms with Crippen molar-refractivity contribution in [3.8, 4) is 5.88 Å². The Morgan fingerprint density at radius 2 is 2.25 bits per heavy atom. The minimum atomic E-state index is -0.266. The highest BCUT2D eigenvalue weighted by molar-refractivity contribution is 5.79. The molecule has 2 rings (SSSR count). The highest BCUT2D eigenvalue weighted by Crippen LogP contribution is 2.26. The summed E-state index contributed by atoms with van der Waals surface area (Å²) in [6.45, 7) is 5.08. The van der Waals surface area contributed by atoms with E-state index in [1.54, 1.807) is 6.07 Å². The van der Waals surface area contributed by atoms with Gasteiger partial charge in [-0.15, -0.1) is 0 Å². The van der Waals surface area contributed by atoms with Crippen LogP contribution in [0.15, 0.2) is 6.07 Å². The Morgan fingerprint density at radius 3 is 2.95 bits per heavy atom. The first-order chi connectivity index (χ1) is 9.65. The molecule has 20 heavy (non-hydrogen) atoms. The van der Waals surface area contributed by atoms with Crippen LogP contribution in [0.3, 0.4) is 0 Å². The van der Waals surface area contributed by atoms with Gasteiger partial charge in [0.05, 0.1) is 13.7 Å². The van der Waals surface area contributed by atoms with Crippen LogP contribution in [0.25, 0.3) is 0 Å². The van der Waals surface area contributed by atoms with Gasteiger partial charge in [-0.25, -0.2) is 9.78 Å². The zero-order valence-electron chi connectivity index (χ0n) is 12.3. The van der Waals surface area contributed by atoms with Crippen molar-refractivity contribution >= 4 is 11.8 Å². The summed E-state index contributed by atoms with van der Waals surface area (Å²) in [5, 5.41) is 0. The van der Waals surface area contributed by atoms with E-state index in [0.29, 0.717) is 18.3 Å². The first-order valence-corrected chi connectivity index (χ1v) is 6.98. The van der Waals surface area contributed by atoms with Crippen molar-refractivity contribution in [1.29, 1.82) is 0 Å². The number of anilines is 1. The lowest BCUT2D eigenvalue weighted by Crippen LogP contribution is -2.45. The van der Waals surface area contributed by atoms with E-state index in [4.69, 9.17) is 9.47 Å². The molecule has 1 aromatic heterocycles. The molecule has 0 saturated carbocycles. The smallest absolute Gasteiger partial charge is 0.328 e. The zero-order chi connectivity index (χ0) is 14.5. The van der Waals surface area contributed by atoms with Crippen molar-refractivity contribution in [3.63, 3.8) is 0 Å². The molecular formula is C14H21N3O3. The number of aromatic nitrogens is 2. The van der Waals surface area contributed by atoms with Gasteiger partial charge >= 0.3 is 5.97 Å². The van der Waals surface area contributed by atoms with Gasteiger partial charge in [-0.1, -0.05) is 0 Å². The number of nitrogens with zero attached hydrogens (tertiary/aromatic N) is 3. The standard InChI is InChI=1S/C14H21N3O3/c1-4-20-13-9-12(15-10(2)16-13)17-8-6-5-7-11(17)14(18)19-3/h9,11H,4-8H2,1-3H3. The number of methoxy groups -OCH3 is 1. The fourth-order valence-electron chi connectivity index (χ4n) is 2.48. The molecule has 0 radical (unpaired) electrons. The lowest BCUT2D eigenvalue weighted by Gasteiger charge is -2.34. The van der Waals surface area contributed by atoms with E-state index >= 15 is 0 Å². The number of esters is 1. The SMILES string of the molecule is CCOc1cc(N2CCCCC2C(=O)OC)nc(C)n1. The number of aryl methyl sites for hydroxylation is 1. The number of ether oxygens (including phenoxy) is 2. The molecule has 1 unspecified atom stereocenters. The molecule has 0 spiro atoms. The largest absolute Gasteiger partial charge is 0.478 e. The molecule has 1 aromatic rings. The number of carbonyl (C=O) groups is 1. The van der Waals surface area contributed by atoms with Gasteiger partial charge in [0.25, 0.3) is 0 Å². The fraction of sp³-hybridized carbons (Fsp3) is 0.643. The molecule has 1 aliphatic rings. The van der Waals surface area contributed by atoms with E-state index in [1.165, 1.54) is 7.11 Å². The predicted molar refractivity (Wildman–Crippen MR) is 74.9 cm³/mol. The average molecular weight is 279 g/mol. The van der Waals surface area contributed by atoms with Crippen LogP contribution in [-0.4, -0.2) is 42.2 Å². The maximum absolute atomic E-state index is 11.9. The molecule has 110 valence electrons. The van der Waals surface area contributed by atoms with Gasteiger partial charge in [-0.2, -0.15) is 4.98 Å². The van der Waals surface area contributed by atoms with Gasteiger partial charge in [0.2, 0.25) is 5.88 Å². The van der Waals surface area contributed by atoms with Crippen molar-refractivity contribution in [2.75, 3.05) is 25.2 Å². The Bertz CT molecular complexity index is 479. The molecular weight excluding hydrogens is 258 g/mol. The van der Waals surface area contributed by atoms with Crippen LogP contribution in [0.5, 0.6) is 5.88 Å². The van der Waals surface area contributed by atoms with Crippen LogP contribution in [0.2, 0.25) is 0 Å². The first-order valence-electron chi connectivity index (χ1n) is 6.98. The summed E-state index contributed by atoms with van der Waals surface area (Å²) in [7, 11) is 1.42. The summed E-state index contributed by atoms with van der Waals surface area (Å²) in [5.74, 6) is 1.71. The molecule has 1 fully saturated rings. The fourth-order valence-corrected chi connectivity index (χ4v) is 2.48. The summed E-state index contributed by atoms with van der Waals surface area (Å²) >= 11 is 0. The van der Waals surface area contributed by atoms with Gasteiger partial charge in [-0.3, -0.25) is 0 Å². The molecule has 0 N–H and O–H groups in total. The van der Waals surface area contributed by atoms with Gasteiger partial charge in [0, 0.05) is 12.6 Å². The van der Waals surface area contributed by atoms with Gasteiger partial charge in [-0.05, 0) is 33.1 Å². The molecule has 1 atom stereocenters. The lowest BCUT2D eigenvalue weighted by atomic mass is 10.0. The summed E-state index contributed by atoms with van der Waals surface area (Å²) in [4.78, 5) is 22.6. The average Bonchev–Trinajstić information content (AvgIpc) is 2.46. The van der Waals surface area contributed by atoms with Crippen molar-refractivity contribution < 1.29 is 14.3 Å². The Balaban J connectivity index is 2.29. The quantitative estimate of drug-likeness (QED) is 0.782. The van der Waals surface area contributed by atoms with Crippen LogP contribution in [0.1, 0.15) is 32.0 Å². The second-order valence-electron chi connectivity index (χ2n) is 4.77. The van der Waals surface area contributed by atoms with Gasteiger partial charge in [0.1, 0.15) is 17.7 Å². The number of carbonyl (C=O) groups excluding carboxylic acids is 1. The molecule has 0 bridgehead atoms. The normalized spacial score (nSPS) is 18.8. The summed E-state index contributed by atoms with van der Waals surface area (Å²) < 4.78 is 10.3. The third-order valence-electron chi connectivity index (χ3n) is 3.36. The second-order valence-corrected chi connectivity index (χ2v) is 4.77. The molecule has 0 amide bonds. The molecule has 1 saturated heterocycles. The molecule has 1 aliphatic heterocycles. The summed E-state index contributed by atoms with van der Waals surface area (Å²) in [6.07, 6.45) is 2.86. The molecule has 6 nitrogen and oxygen atoms in total. The number of rotatable bonds is 4. The highest BCUT2D eigenvalue weighted by atomic mass is 16.5. The number of hydrogen-bond acceptors (Lipinski definition) is 6. The van der Waals surface area contributed by atoms with Crippen molar-refractivity contribution in [2.45, 2.75) is 39.2 Å². The summed E-state index contributed by atoms with van der Waals surface area (Å²) in [5.41, 5.74) is 0. The lowest BCUT2D eigenvalue weighted by molar-refractivity contribution is -0.142. The van der Waals surface area contributed by atoms with Crippen molar-refractivity contribution in [1.82, 2.24) is 9.97 Å². The topological polar surface area (TPSA) is 64.5 Å². The minimum absolute atomic E-state index is 0.209. The van der Waals surface area contributed by atoms with Crippen LogP contribution in [0, 0.1) is 6.92 Å². The van der Waals surface area contributed by atoms with E-state index in [0.717, 1.165) is 31.6 Å². The second kappa shape index (κ2) is 6.54. The van der Waals surface area contributed by atoms with Crippen LogP contribution in [0.4, 0.5) is 5.82 Å². The van der Waals surface area contributed by atoms with E-state index in [9.17, 15) is 4.79 Å². The van der Waals surface area contributed by atoms with E-state index < -0.39 is 0 Å². The van der Waals surface area contributed by atoms with Gasteiger partial charge in [0.15, 0.2) is 0 Å².